The van der Waals surface area contributed by atoms with Crippen molar-refractivity contribution in [3.63, 3.8) is 0 Å². The molecular formula is C20H18N8O. The number of aromatic nitrogens is 6. The van der Waals surface area contributed by atoms with Crippen LogP contribution in [0.1, 0.15) is 43.2 Å². The topological polar surface area (TPSA) is 132 Å². The molecule has 3 heterocycles. The number of nitrogens with two attached hydrogens (primary N) is 1. The molecule has 0 radical (unpaired) electrons. The first-order chi connectivity index (χ1) is 14.1. The quantitative estimate of drug-likeness (QED) is 0.553. The van der Waals surface area contributed by atoms with Crippen LogP contribution < -0.4 is 5.73 Å². The molecular weight excluding hydrogens is 368 g/mol. The van der Waals surface area contributed by atoms with Gasteiger partial charge in [-0.3, -0.25) is 0 Å². The highest BCUT2D eigenvalue weighted by Crippen LogP contribution is 2.34. The Kier molecular flexibility index (Phi) is 3.98. The molecule has 1 atom stereocenters. The summed E-state index contributed by atoms with van der Waals surface area (Å²) >= 11 is 0. The van der Waals surface area contributed by atoms with E-state index in [-0.39, 0.29) is 6.04 Å². The third-order valence-corrected chi connectivity index (χ3v) is 5.15. The highest BCUT2D eigenvalue weighted by Gasteiger charge is 2.27. The first-order valence-corrected chi connectivity index (χ1v) is 9.45. The zero-order chi connectivity index (χ0) is 20.0. The molecule has 9 nitrogen and oxygen atoms in total. The second kappa shape index (κ2) is 6.67. The summed E-state index contributed by atoms with van der Waals surface area (Å²) in [6, 6.07) is 9.01. The van der Waals surface area contributed by atoms with Gasteiger partial charge in [-0.25, -0.2) is 14.6 Å². The first-order valence-electron chi connectivity index (χ1n) is 9.45. The molecule has 0 bridgehead atoms. The molecule has 144 valence electrons. The van der Waals surface area contributed by atoms with Crippen molar-refractivity contribution in [1.29, 1.82) is 5.26 Å². The van der Waals surface area contributed by atoms with E-state index in [9.17, 15) is 5.26 Å². The first kappa shape index (κ1) is 17.3. The molecule has 0 aliphatic heterocycles. The van der Waals surface area contributed by atoms with Crippen molar-refractivity contribution in [3.05, 3.63) is 47.9 Å². The van der Waals surface area contributed by atoms with Gasteiger partial charge in [0.25, 0.3) is 0 Å². The summed E-state index contributed by atoms with van der Waals surface area (Å²) in [5.41, 5.74) is 8.65. The molecule has 0 saturated heterocycles. The summed E-state index contributed by atoms with van der Waals surface area (Å²) in [5, 5.41) is 23.0. The number of rotatable bonds is 5. The van der Waals surface area contributed by atoms with Gasteiger partial charge in [0.15, 0.2) is 5.65 Å². The van der Waals surface area contributed by atoms with Gasteiger partial charge in [-0.2, -0.15) is 10.4 Å². The zero-order valence-electron chi connectivity index (χ0n) is 15.8. The minimum Gasteiger partial charge on any atom is -0.423 e. The van der Waals surface area contributed by atoms with Crippen LogP contribution in [-0.4, -0.2) is 29.9 Å². The van der Waals surface area contributed by atoms with Crippen LogP contribution in [0.4, 0.5) is 5.82 Å². The summed E-state index contributed by atoms with van der Waals surface area (Å²) in [6.45, 7) is 1.93. The minimum absolute atomic E-state index is 0.325. The van der Waals surface area contributed by atoms with E-state index >= 15 is 0 Å². The highest BCUT2D eigenvalue weighted by molar-refractivity contribution is 5.98. The van der Waals surface area contributed by atoms with E-state index in [1.165, 1.54) is 19.2 Å². The van der Waals surface area contributed by atoms with Crippen molar-refractivity contribution in [2.24, 2.45) is 5.92 Å². The largest absolute Gasteiger partial charge is 0.423 e. The fraction of sp³-hybridized carbons (Fsp3) is 0.300. The van der Waals surface area contributed by atoms with Gasteiger partial charge in [0.2, 0.25) is 11.8 Å². The van der Waals surface area contributed by atoms with Crippen LogP contribution in [0.2, 0.25) is 0 Å². The molecule has 5 rings (SSSR count). The van der Waals surface area contributed by atoms with Crippen molar-refractivity contribution in [1.82, 2.24) is 29.9 Å². The average Bonchev–Trinajstić information content (AvgIpc) is 3.27. The maximum atomic E-state index is 9.24. The zero-order valence-corrected chi connectivity index (χ0v) is 15.8. The molecule has 0 spiro atoms. The van der Waals surface area contributed by atoms with Crippen LogP contribution in [0.15, 0.2) is 35.0 Å². The summed E-state index contributed by atoms with van der Waals surface area (Å²) in [4.78, 5) is 8.52. The van der Waals surface area contributed by atoms with Gasteiger partial charge < -0.3 is 10.2 Å². The van der Waals surface area contributed by atoms with E-state index in [1.807, 2.05) is 19.1 Å². The molecule has 1 aliphatic carbocycles. The predicted molar refractivity (Wildman–Crippen MR) is 104 cm³/mol. The lowest BCUT2D eigenvalue weighted by atomic mass is 10.1. The normalized spacial score (nSPS) is 14.8. The van der Waals surface area contributed by atoms with E-state index in [0.717, 1.165) is 12.0 Å². The van der Waals surface area contributed by atoms with Crippen LogP contribution in [0.25, 0.3) is 22.3 Å². The molecule has 4 aromatic rings. The minimum atomic E-state index is -0.333. The Morgan fingerprint density at radius 1 is 1.31 bits per heavy atom. The number of nitrogen functional groups attached to an aromatic ring is 1. The highest BCUT2D eigenvalue weighted by atomic mass is 16.4. The van der Waals surface area contributed by atoms with Crippen LogP contribution in [-0.2, 0) is 6.42 Å². The average molecular weight is 386 g/mol. The SMILES string of the molecule is CC(c1nnc(CC2CC2)o1)n1nc(-c2cccc(C#N)c2)c2c(N)ncnc21. The van der Waals surface area contributed by atoms with Gasteiger partial charge in [-0.05, 0) is 37.8 Å². The third kappa shape index (κ3) is 3.08. The molecule has 1 aromatic carbocycles. The van der Waals surface area contributed by atoms with Crippen molar-refractivity contribution in [2.75, 3.05) is 5.73 Å². The molecule has 1 aliphatic rings. The maximum Gasteiger partial charge on any atom is 0.240 e. The number of nitrogens with zero attached hydrogens (tertiary/aromatic N) is 7. The van der Waals surface area contributed by atoms with Crippen molar-refractivity contribution in [3.8, 4) is 17.3 Å². The van der Waals surface area contributed by atoms with E-state index in [2.05, 4.69) is 26.2 Å². The second-order valence-electron chi connectivity index (χ2n) is 7.30. The van der Waals surface area contributed by atoms with Crippen molar-refractivity contribution < 1.29 is 4.42 Å². The molecule has 1 fully saturated rings. The molecule has 9 heteroatoms. The summed E-state index contributed by atoms with van der Waals surface area (Å²) in [5.74, 6) is 2.11. The summed E-state index contributed by atoms with van der Waals surface area (Å²) < 4.78 is 7.60. The molecule has 0 amide bonds. The van der Waals surface area contributed by atoms with Crippen LogP contribution >= 0.6 is 0 Å². The fourth-order valence-corrected chi connectivity index (χ4v) is 3.39. The maximum absolute atomic E-state index is 9.24. The van der Waals surface area contributed by atoms with Gasteiger partial charge in [-0.15, -0.1) is 10.2 Å². The van der Waals surface area contributed by atoms with E-state index in [0.29, 0.717) is 45.8 Å². The number of benzene rings is 1. The van der Waals surface area contributed by atoms with E-state index < -0.39 is 0 Å². The molecule has 1 saturated carbocycles. The molecule has 29 heavy (non-hydrogen) atoms. The number of hydrogen-bond donors (Lipinski definition) is 1. The predicted octanol–water partition coefficient (Wildman–Crippen LogP) is 2.89. The lowest BCUT2D eigenvalue weighted by Crippen LogP contribution is -2.10. The molecule has 3 aromatic heterocycles. The van der Waals surface area contributed by atoms with E-state index in [4.69, 9.17) is 15.2 Å². The van der Waals surface area contributed by atoms with Crippen molar-refractivity contribution in [2.45, 2.75) is 32.2 Å². The lowest BCUT2D eigenvalue weighted by Gasteiger charge is -2.08. The standard InChI is InChI=1S/C20H18N8O/c1-11(20-26-25-15(29-20)8-12-5-6-12)28-19-16(18(22)23-10-24-19)17(27-28)14-4-2-3-13(7-14)9-21/h2-4,7,10-12H,5-6,8H2,1H3,(H2,22,23,24). The Balaban J connectivity index is 1.61. The Labute approximate surface area is 166 Å². The Bertz CT molecular complexity index is 1250. The Morgan fingerprint density at radius 2 is 2.17 bits per heavy atom. The van der Waals surface area contributed by atoms with Crippen LogP contribution in [0.5, 0.6) is 0 Å². The second-order valence-corrected chi connectivity index (χ2v) is 7.30. The van der Waals surface area contributed by atoms with E-state index in [1.54, 1.807) is 16.8 Å². The monoisotopic (exact) mass is 386 g/mol. The van der Waals surface area contributed by atoms with Crippen LogP contribution in [0.3, 0.4) is 0 Å². The fourth-order valence-electron chi connectivity index (χ4n) is 3.39. The van der Waals surface area contributed by atoms with Gasteiger partial charge in [0.1, 0.15) is 23.9 Å². The van der Waals surface area contributed by atoms with Gasteiger partial charge in [-0.1, -0.05) is 12.1 Å². The molecule has 2 N–H and O–H groups in total. The number of nitriles is 1. The van der Waals surface area contributed by atoms with Gasteiger partial charge in [0, 0.05) is 12.0 Å². The number of fused-ring (bicyclic) bond motifs is 1. The Morgan fingerprint density at radius 3 is 2.97 bits per heavy atom. The smallest absolute Gasteiger partial charge is 0.240 e. The third-order valence-electron chi connectivity index (χ3n) is 5.15. The number of anilines is 1. The number of hydrogen-bond acceptors (Lipinski definition) is 8. The molecule has 1 unspecified atom stereocenters. The van der Waals surface area contributed by atoms with Gasteiger partial charge in [0.05, 0.1) is 17.0 Å². The lowest BCUT2D eigenvalue weighted by molar-refractivity contribution is 0.388. The van der Waals surface area contributed by atoms with Crippen LogP contribution in [0, 0.1) is 17.2 Å². The van der Waals surface area contributed by atoms with Gasteiger partial charge >= 0.3 is 0 Å². The summed E-state index contributed by atoms with van der Waals surface area (Å²) in [7, 11) is 0. The van der Waals surface area contributed by atoms with Crippen molar-refractivity contribution >= 4 is 16.9 Å². The summed E-state index contributed by atoms with van der Waals surface area (Å²) in [6.07, 6.45) is 4.67. The Hall–Kier alpha value is -3.80.